The average Bonchev–Trinajstić information content (AvgIpc) is 3.41. The first-order valence-corrected chi connectivity index (χ1v) is 17.7. The van der Waals surface area contributed by atoms with Crippen molar-refractivity contribution in [2.45, 2.75) is 108 Å². The van der Waals surface area contributed by atoms with Crippen LogP contribution in [0.15, 0.2) is 69.4 Å². The van der Waals surface area contributed by atoms with Gasteiger partial charge in [0.25, 0.3) is 0 Å². The van der Waals surface area contributed by atoms with E-state index in [2.05, 4.69) is 47.1 Å². The molecule has 0 bridgehead atoms. The van der Waals surface area contributed by atoms with Crippen molar-refractivity contribution in [2.24, 2.45) is 22.2 Å². The second kappa shape index (κ2) is 17.4. The van der Waals surface area contributed by atoms with Crippen LogP contribution in [0.3, 0.4) is 0 Å². The molecule has 0 amide bonds. The zero-order chi connectivity index (χ0) is 37.3. The van der Waals surface area contributed by atoms with Crippen molar-refractivity contribution < 1.29 is 13.2 Å². The van der Waals surface area contributed by atoms with Crippen LogP contribution in [0.1, 0.15) is 90.1 Å². The number of nitrogens with two attached hydrogens (primary N) is 3. The van der Waals surface area contributed by atoms with E-state index in [0.717, 1.165) is 72.2 Å². The molecule has 2 aromatic heterocycles. The molecule has 50 heavy (non-hydrogen) atoms. The van der Waals surface area contributed by atoms with Gasteiger partial charge in [-0.25, -0.2) is 4.79 Å². The standard InChI is InChI=1S/C21H29N7O.C16H24F3NS/c1-21(2,3)17-11-15-13-28(20(29)27-18(15)26-17)16-7-5-14(6-8-16)12-24-9-4-10-25-19(22)23;1-11(20)6-5-7-12-8-13(15(2,3)4)10-14(9-12)21-16(17,18)19/h5-8,11,13,24H,4,9-10,12H2,1-3H3,(H4,22,23,25)(H,26,27,29);8-11H,5-7,20H2,1-4H3/t;11-/m.0/s1. The van der Waals surface area contributed by atoms with E-state index in [1.165, 1.54) is 0 Å². The van der Waals surface area contributed by atoms with Crippen LogP contribution in [0.2, 0.25) is 0 Å². The van der Waals surface area contributed by atoms with Crippen molar-refractivity contribution in [3.8, 4) is 5.69 Å². The predicted octanol–water partition coefficient (Wildman–Crippen LogP) is 7.03. The van der Waals surface area contributed by atoms with Crippen LogP contribution in [0.25, 0.3) is 16.7 Å². The molecule has 4 aromatic rings. The number of fused-ring (bicyclic) bond motifs is 1. The van der Waals surface area contributed by atoms with Crippen LogP contribution in [-0.4, -0.2) is 45.1 Å². The molecule has 13 heteroatoms. The lowest BCUT2D eigenvalue weighted by atomic mass is 9.85. The van der Waals surface area contributed by atoms with Crippen LogP contribution in [-0.2, 0) is 23.8 Å². The number of H-pyrrole nitrogens is 1. The highest BCUT2D eigenvalue weighted by atomic mass is 32.2. The molecular weight excluding hydrogens is 662 g/mol. The third-order valence-electron chi connectivity index (χ3n) is 7.86. The number of aromatic amines is 1. The molecule has 1 atom stereocenters. The lowest BCUT2D eigenvalue weighted by Crippen LogP contribution is -2.23. The molecule has 274 valence electrons. The van der Waals surface area contributed by atoms with Gasteiger partial charge in [0.2, 0.25) is 0 Å². The number of aryl methyl sites for hydroxylation is 1. The first kappa shape index (κ1) is 40.6. The molecule has 0 saturated carbocycles. The van der Waals surface area contributed by atoms with Gasteiger partial charge >= 0.3 is 11.2 Å². The fourth-order valence-electron chi connectivity index (χ4n) is 5.06. The Hall–Kier alpha value is -3.81. The maximum atomic E-state index is 12.6. The number of aromatic nitrogens is 3. The smallest absolute Gasteiger partial charge is 0.370 e. The monoisotopic (exact) mass is 714 g/mol. The molecule has 0 aliphatic carbocycles. The van der Waals surface area contributed by atoms with Gasteiger partial charge in [-0.1, -0.05) is 59.7 Å². The van der Waals surface area contributed by atoms with Gasteiger partial charge in [0.1, 0.15) is 5.65 Å². The molecule has 9 nitrogen and oxygen atoms in total. The summed E-state index contributed by atoms with van der Waals surface area (Å²) in [5, 5.41) is 4.27. The quantitative estimate of drug-likeness (QED) is 0.0457. The maximum Gasteiger partial charge on any atom is 0.446 e. The number of hydrogen-bond acceptors (Lipinski definition) is 6. The molecule has 0 spiro atoms. The number of benzene rings is 2. The summed E-state index contributed by atoms with van der Waals surface area (Å²) in [6, 6.07) is 15.4. The lowest BCUT2D eigenvalue weighted by Gasteiger charge is -2.21. The summed E-state index contributed by atoms with van der Waals surface area (Å²) in [5.74, 6) is 0.123. The number of hydrogen-bond donors (Lipinski definition) is 5. The van der Waals surface area contributed by atoms with Gasteiger partial charge in [-0.15, -0.1) is 0 Å². The van der Waals surface area contributed by atoms with Crippen molar-refractivity contribution in [3.05, 3.63) is 87.6 Å². The first-order valence-electron chi connectivity index (χ1n) is 16.9. The number of rotatable bonds is 12. The predicted molar refractivity (Wildman–Crippen MR) is 201 cm³/mol. The number of nitrogens with zero attached hydrogens (tertiary/aromatic N) is 3. The Labute approximate surface area is 297 Å². The summed E-state index contributed by atoms with van der Waals surface area (Å²) in [4.78, 5) is 24.2. The number of aliphatic imine (C=N–C) groups is 1. The molecule has 0 aliphatic heterocycles. The molecule has 0 radical (unpaired) electrons. The Bertz CT molecular complexity index is 1760. The third-order valence-corrected chi connectivity index (χ3v) is 8.56. The van der Waals surface area contributed by atoms with Crippen LogP contribution in [0.4, 0.5) is 13.2 Å². The molecule has 2 heterocycles. The van der Waals surface area contributed by atoms with E-state index in [1.54, 1.807) is 16.7 Å². The van der Waals surface area contributed by atoms with Crippen molar-refractivity contribution in [1.82, 2.24) is 19.9 Å². The number of nitrogens with one attached hydrogen (secondary N) is 2. The summed E-state index contributed by atoms with van der Waals surface area (Å²) in [7, 11) is 0. The SMILES string of the molecule is CC(C)(C)c1cc2cn(-c3ccc(CNCCCN=C(N)N)cc3)c(=O)nc2[nH]1.C[C@H](N)CCCc1cc(SC(F)(F)F)cc(C(C)(C)C)c1. The molecule has 4 rings (SSSR count). The number of alkyl halides is 3. The van der Waals surface area contributed by atoms with Gasteiger partial charge in [-0.05, 0) is 103 Å². The highest BCUT2D eigenvalue weighted by Gasteiger charge is 2.30. The van der Waals surface area contributed by atoms with E-state index in [9.17, 15) is 18.0 Å². The highest BCUT2D eigenvalue weighted by Crippen LogP contribution is 2.39. The minimum absolute atomic E-state index is 0.0352. The Morgan fingerprint density at radius 1 is 0.980 bits per heavy atom. The summed E-state index contributed by atoms with van der Waals surface area (Å²) in [5.41, 5.74) is 17.1. The largest absolute Gasteiger partial charge is 0.446 e. The van der Waals surface area contributed by atoms with Gasteiger partial charge in [-0.2, -0.15) is 18.2 Å². The van der Waals surface area contributed by atoms with Gasteiger partial charge in [-0.3, -0.25) is 9.56 Å². The van der Waals surface area contributed by atoms with Crippen LogP contribution in [0.5, 0.6) is 0 Å². The Morgan fingerprint density at radius 2 is 1.66 bits per heavy atom. The zero-order valence-corrected chi connectivity index (χ0v) is 31.1. The molecule has 0 unspecified atom stereocenters. The molecular formula is C37H53F3N8OS. The summed E-state index contributed by atoms with van der Waals surface area (Å²) in [6.07, 6.45) is 5.23. The molecule has 0 fully saturated rings. The van der Waals surface area contributed by atoms with Crippen molar-refractivity contribution in [2.75, 3.05) is 13.1 Å². The second-order valence-corrected chi connectivity index (χ2v) is 15.8. The van der Waals surface area contributed by atoms with E-state index in [0.29, 0.717) is 12.2 Å². The summed E-state index contributed by atoms with van der Waals surface area (Å²) < 4.78 is 39.4. The van der Waals surface area contributed by atoms with E-state index in [-0.39, 0.29) is 45.2 Å². The van der Waals surface area contributed by atoms with E-state index in [4.69, 9.17) is 17.2 Å². The van der Waals surface area contributed by atoms with Crippen LogP contribution < -0.4 is 28.2 Å². The zero-order valence-electron chi connectivity index (χ0n) is 30.2. The van der Waals surface area contributed by atoms with Gasteiger partial charge in [0.05, 0.1) is 5.69 Å². The van der Waals surface area contributed by atoms with E-state index < -0.39 is 5.51 Å². The summed E-state index contributed by atoms with van der Waals surface area (Å²) >= 11 is -0.0397. The molecule has 2 aromatic carbocycles. The van der Waals surface area contributed by atoms with Gasteiger partial charge in [0, 0.05) is 46.7 Å². The second-order valence-electron chi connectivity index (χ2n) is 14.7. The lowest BCUT2D eigenvalue weighted by molar-refractivity contribution is -0.0328. The summed E-state index contributed by atoms with van der Waals surface area (Å²) in [6.45, 7) is 16.5. The number of thioether (sulfide) groups is 1. The minimum atomic E-state index is -4.25. The van der Waals surface area contributed by atoms with Crippen LogP contribution in [0, 0.1) is 0 Å². The Balaban J connectivity index is 0.000000286. The van der Waals surface area contributed by atoms with Crippen molar-refractivity contribution in [1.29, 1.82) is 0 Å². The number of guanidine groups is 1. The Kier molecular flexibility index (Phi) is 14.1. The Morgan fingerprint density at radius 3 is 2.24 bits per heavy atom. The van der Waals surface area contributed by atoms with Crippen molar-refractivity contribution >= 4 is 28.8 Å². The molecule has 0 aliphatic rings. The fourth-order valence-corrected chi connectivity index (χ4v) is 5.72. The van der Waals surface area contributed by atoms with E-state index >= 15 is 0 Å². The molecule has 8 N–H and O–H groups in total. The fraction of sp³-hybridized carbons (Fsp3) is 0.486. The van der Waals surface area contributed by atoms with Crippen LogP contribution >= 0.6 is 11.8 Å². The first-order chi connectivity index (χ1) is 23.2. The minimum Gasteiger partial charge on any atom is -0.370 e. The van der Waals surface area contributed by atoms with Gasteiger partial charge in [0.15, 0.2) is 5.96 Å². The maximum absolute atomic E-state index is 12.6. The van der Waals surface area contributed by atoms with E-state index in [1.807, 2.05) is 64.2 Å². The third kappa shape index (κ3) is 13.5. The normalized spacial score (nSPS) is 12.8. The highest BCUT2D eigenvalue weighted by molar-refractivity contribution is 8.00. The topological polar surface area (TPSA) is 153 Å². The number of halogens is 3. The average molecular weight is 715 g/mol. The van der Waals surface area contributed by atoms with Crippen molar-refractivity contribution in [3.63, 3.8) is 0 Å². The molecule has 0 saturated heterocycles. The van der Waals surface area contributed by atoms with Gasteiger partial charge < -0.3 is 27.5 Å².